The highest BCUT2D eigenvalue weighted by atomic mass is 16.4. The van der Waals surface area contributed by atoms with Crippen LogP contribution in [0.15, 0.2) is 30.4 Å². The van der Waals surface area contributed by atoms with E-state index in [0.717, 1.165) is 16.9 Å². The summed E-state index contributed by atoms with van der Waals surface area (Å²) in [6, 6.07) is 5.56. The number of aromatic nitrogens is 2. The van der Waals surface area contributed by atoms with Gasteiger partial charge in [0.2, 0.25) is 5.91 Å². The van der Waals surface area contributed by atoms with Gasteiger partial charge in [0.05, 0.1) is 22.9 Å². The maximum atomic E-state index is 12.2. The van der Waals surface area contributed by atoms with Gasteiger partial charge < -0.3 is 15.4 Å². The Morgan fingerprint density at radius 3 is 2.56 bits per heavy atom. The zero-order valence-corrected chi connectivity index (χ0v) is 13.9. The van der Waals surface area contributed by atoms with Crippen molar-refractivity contribution in [1.82, 2.24) is 9.97 Å². The maximum Gasteiger partial charge on any atom is 0.311 e. The Balaban J connectivity index is 1.50. The Morgan fingerprint density at radius 1 is 1.12 bits per heavy atom. The summed E-state index contributed by atoms with van der Waals surface area (Å²) in [7, 11) is 0. The number of carbonyl (C=O) groups excluding carboxylic acids is 1. The number of benzene rings is 1. The van der Waals surface area contributed by atoms with E-state index < -0.39 is 17.8 Å². The van der Waals surface area contributed by atoms with E-state index in [9.17, 15) is 9.59 Å². The lowest BCUT2D eigenvalue weighted by molar-refractivity contribution is -0.144. The fourth-order valence-electron chi connectivity index (χ4n) is 3.72. The summed E-state index contributed by atoms with van der Waals surface area (Å²) in [5.74, 6) is -1.06. The highest BCUT2D eigenvalue weighted by molar-refractivity contribution is 5.99. The summed E-state index contributed by atoms with van der Waals surface area (Å²) < 4.78 is 0. The molecule has 1 aromatic heterocycles. The Morgan fingerprint density at radius 2 is 1.88 bits per heavy atom. The van der Waals surface area contributed by atoms with E-state index in [0.29, 0.717) is 11.6 Å². The fraction of sp³-hybridized carbons (Fsp3) is 0.421. The SMILES string of the molecule is O=C(Nc1ccc2nc(C3CCCCC3)[nH]c2c1)[C@H]1C=C[C@H]1C(=O)O. The largest absolute Gasteiger partial charge is 0.481 e. The number of fused-ring (bicyclic) bond motifs is 1. The number of aromatic amines is 1. The predicted molar refractivity (Wildman–Crippen MR) is 94.3 cm³/mol. The lowest BCUT2D eigenvalue weighted by Gasteiger charge is -2.24. The van der Waals surface area contributed by atoms with Gasteiger partial charge in [-0.2, -0.15) is 0 Å². The third-order valence-electron chi connectivity index (χ3n) is 5.26. The molecule has 1 aromatic carbocycles. The molecule has 6 heteroatoms. The zero-order valence-electron chi connectivity index (χ0n) is 13.9. The second-order valence-electron chi connectivity index (χ2n) is 6.95. The van der Waals surface area contributed by atoms with Crippen LogP contribution in [0, 0.1) is 11.8 Å². The van der Waals surface area contributed by atoms with Crippen molar-refractivity contribution in [3.05, 3.63) is 36.2 Å². The van der Waals surface area contributed by atoms with Crippen molar-refractivity contribution in [1.29, 1.82) is 0 Å². The van der Waals surface area contributed by atoms with Crippen LogP contribution in [-0.2, 0) is 9.59 Å². The molecule has 2 aliphatic carbocycles. The molecule has 2 aromatic rings. The number of carbonyl (C=O) groups is 2. The summed E-state index contributed by atoms with van der Waals surface area (Å²) >= 11 is 0. The Bertz CT molecular complexity index is 849. The molecule has 4 rings (SSSR count). The Hall–Kier alpha value is -2.63. The Kier molecular flexibility index (Phi) is 4.03. The highest BCUT2D eigenvalue weighted by Crippen LogP contribution is 2.32. The van der Waals surface area contributed by atoms with Gasteiger partial charge in [0.1, 0.15) is 5.82 Å². The molecule has 0 unspecified atom stereocenters. The van der Waals surface area contributed by atoms with Crippen molar-refractivity contribution < 1.29 is 14.7 Å². The summed E-state index contributed by atoms with van der Waals surface area (Å²) in [5.41, 5.74) is 2.45. The van der Waals surface area contributed by atoms with Crippen LogP contribution >= 0.6 is 0 Å². The first-order chi connectivity index (χ1) is 12.1. The quantitative estimate of drug-likeness (QED) is 0.744. The number of amides is 1. The number of rotatable bonds is 4. The van der Waals surface area contributed by atoms with E-state index in [1.54, 1.807) is 12.2 Å². The number of imidazole rings is 1. The fourth-order valence-corrected chi connectivity index (χ4v) is 3.72. The molecule has 2 atom stereocenters. The lowest BCUT2D eigenvalue weighted by Crippen LogP contribution is -2.36. The van der Waals surface area contributed by atoms with Gasteiger partial charge in [0, 0.05) is 11.6 Å². The summed E-state index contributed by atoms with van der Waals surface area (Å²) in [6.07, 6.45) is 9.33. The zero-order chi connectivity index (χ0) is 17.4. The molecule has 3 N–H and O–H groups in total. The summed E-state index contributed by atoms with van der Waals surface area (Å²) in [6.45, 7) is 0. The van der Waals surface area contributed by atoms with Gasteiger partial charge in [-0.15, -0.1) is 0 Å². The van der Waals surface area contributed by atoms with Crippen molar-refractivity contribution in [2.45, 2.75) is 38.0 Å². The minimum Gasteiger partial charge on any atom is -0.481 e. The molecule has 6 nitrogen and oxygen atoms in total. The number of hydrogen-bond donors (Lipinski definition) is 3. The molecular weight excluding hydrogens is 318 g/mol. The standard InChI is InChI=1S/C19H21N3O3/c23-18(13-7-8-14(13)19(24)25)20-12-6-9-15-16(10-12)22-17(21-15)11-4-2-1-3-5-11/h6-11,13-14H,1-5H2,(H,20,23)(H,21,22)(H,24,25)/t13-,14+/m0/s1. The van der Waals surface area contributed by atoms with E-state index in [1.807, 2.05) is 18.2 Å². The number of carboxylic acids is 1. The summed E-state index contributed by atoms with van der Waals surface area (Å²) in [4.78, 5) is 31.4. The molecule has 1 amide bonds. The first-order valence-corrected chi connectivity index (χ1v) is 8.83. The van der Waals surface area contributed by atoms with E-state index >= 15 is 0 Å². The molecule has 0 bridgehead atoms. The van der Waals surface area contributed by atoms with Gasteiger partial charge in [-0.05, 0) is 31.0 Å². The number of aliphatic carboxylic acids is 1. The first kappa shape index (κ1) is 15.9. The monoisotopic (exact) mass is 339 g/mol. The van der Waals surface area contributed by atoms with Gasteiger partial charge in [-0.25, -0.2) is 4.98 Å². The van der Waals surface area contributed by atoms with Crippen LogP contribution in [0.5, 0.6) is 0 Å². The van der Waals surface area contributed by atoms with Crippen LogP contribution in [0.3, 0.4) is 0 Å². The molecule has 1 heterocycles. The second-order valence-corrected chi connectivity index (χ2v) is 6.95. The van der Waals surface area contributed by atoms with E-state index in [4.69, 9.17) is 10.1 Å². The van der Waals surface area contributed by atoms with Gasteiger partial charge in [0.25, 0.3) is 0 Å². The normalized spacial score (nSPS) is 23.4. The molecule has 0 radical (unpaired) electrons. The average Bonchev–Trinajstić information content (AvgIpc) is 2.97. The van der Waals surface area contributed by atoms with Crippen LogP contribution in [-0.4, -0.2) is 27.0 Å². The first-order valence-electron chi connectivity index (χ1n) is 8.83. The minimum atomic E-state index is -0.969. The van der Waals surface area contributed by atoms with E-state index in [-0.39, 0.29) is 5.91 Å². The molecule has 0 saturated heterocycles. The lowest BCUT2D eigenvalue weighted by atomic mass is 9.81. The van der Waals surface area contributed by atoms with Crippen LogP contribution in [0.1, 0.15) is 43.8 Å². The third kappa shape index (κ3) is 3.04. The van der Waals surface area contributed by atoms with Gasteiger partial charge >= 0.3 is 5.97 Å². The van der Waals surface area contributed by atoms with Crippen molar-refractivity contribution in [3.63, 3.8) is 0 Å². The van der Waals surface area contributed by atoms with E-state index in [1.165, 1.54) is 32.1 Å². The number of H-pyrrole nitrogens is 1. The number of nitrogens with one attached hydrogen (secondary N) is 2. The van der Waals surface area contributed by atoms with Crippen LogP contribution in [0.2, 0.25) is 0 Å². The van der Waals surface area contributed by atoms with Gasteiger partial charge in [0.15, 0.2) is 0 Å². The average molecular weight is 339 g/mol. The summed E-state index contributed by atoms with van der Waals surface area (Å²) in [5, 5.41) is 11.9. The number of hydrogen-bond acceptors (Lipinski definition) is 3. The highest BCUT2D eigenvalue weighted by Gasteiger charge is 2.36. The molecule has 130 valence electrons. The Labute approximate surface area is 145 Å². The smallest absolute Gasteiger partial charge is 0.311 e. The number of nitrogens with zero attached hydrogens (tertiary/aromatic N) is 1. The maximum absolute atomic E-state index is 12.2. The molecule has 25 heavy (non-hydrogen) atoms. The van der Waals surface area contributed by atoms with Gasteiger partial charge in [-0.3, -0.25) is 9.59 Å². The molecule has 1 saturated carbocycles. The van der Waals surface area contributed by atoms with Crippen molar-refractivity contribution in [2.24, 2.45) is 11.8 Å². The number of anilines is 1. The molecule has 2 aliphatic rings. The second kappa shape index (κ2) is 6.35. The topological polar surface area (TPSA) is 95.1 Å². The third-order valence-corrected chi connectivity index (χ3v) is 5.26. The van der Waals surface area contributed by atoms with Crippen molar-refractivity contribution in [3.8, 4) is 0 Å². The molecule has 0 spiro atoms. The molecule has 0 aliphatic heterocycles. The van der Waals surface area contributed by atoms with Crippen LogP contribution < -0.4 is 5.32 Å². The van der Waals surface area contributed by atoms with Crippen molar-refractivity contribution >= 4 is 28.6 Å². The van der Waals surface area contributed by atoms with Gasteiger partial charge in [-0.1, -0.05) is 31.4 Å². The minimum absolute atomic E-state index is 0.290. The predicted octanol–water partition coefficient (Wildman–Crippen LogP) is 3.44. The van der Waals surface area contributed by atoms with E-state index in [2.05, 4.69) is 10.3 Å². The number of carboxylic acid groups (broad SMARTS) is 1. The molecular formula is C19H21N3O3. The molecule has 1 fully saturated rings. The van der Waals surface area contributed by atoms with Crippen LogP contribution in [0.25, 0.3) is 11.0 Å². The van der Waals surface area contributed by atoms with Crippen molar-refractivity contribution in [2.75, 3.05) is 5.32 Å². The van der Waals surface area contributed by atoms with Crippen LogP contribution in [0.4, 0.5) is 5.69 Å².